The summed E-state index contributed by atoms with van der Waals surface area (Å²) in [5.74, 6) is 1.06. The van der Waals surface area contributed by atoms with Crippen LogP contribution in [0.1, 0.15) is 61.9 Å². The van der Waals surface area contributed by atoms with Crippen LogP contribution in [0.5, 0.6) is 0 Å². The van der Waals surface area contributed by atoms with Crippen molar-refractivity contribution < 1.29 is 9.84 Å². The number of ether oxygens (including phenoxy) is 1. The van der Waals surface area contributed by atoms with Crippen LogP contribution in [0.15, 0.2) is 12.1 Å². The van der Waals surface area contributed by atoms with Gasteiger partial charge in [0.15, 0.2) is 0 Å². The summed E-state index contributed by atoms with van der Waals surface area (Å²) in [4.78, 5) is 7.53. The number of hydrogen-bond acceptors (Lipinski definition) is 4. The maximum Gasteiger partial charge on any atom is 0.0583 e. The highest BCUT2D eigenvalue weighted by Gasteiger charge is 2.23. The maximum atomic E-state index is 7.00. The summed E-state index contributed by atoms with van der Waals surface area (Å²) < 4.78 is 5.57. The Kier molecular flexibility index (Phi) is 6.80. The summed E-state index contributed by atoms with van der Waals surface area (Å²) >= 11 is 0. The first-order valence-electron chi connectivity index (χ1n) is 8.48. The molecule has 3 heterocycles. The van der Waals surface area contributed by atoms with Crippen molar-refractivity contribution in [2.75, 3.05) is 33.4 Å². The van der Waals surface area contributed by atoms with E-state index >= 15 is 0 Å². The third-order valence-electron chi connectivity index (χ3n) is 4.56. The van der Waals surface area contributed by atoms with Crippen LogP contribution in [0.3, 0.4) is 0 Å². The van der Waals surface area contributed by atoms with E-state index in [1.165, 1.54) is 42.9 Å². The molecule has 0 aliphatic carbocycles. The molecule has 2 aliphatic rings. The zero-order chi connectivity index (χ0) is 15.9. The Morgan fingerprint density at radius 2 is 2.00 bits per heavy atom. The van der Waals surface area contributed by atoms with E-state index in [9.17, 15) is 0 Å². The molecule has 3 rings (SSSR count). The van der Waals surface area contributed by atoms with Crippen molar-refractivity contribution >= 4 is 0 Å². The van der Waals surface area contributed by atoms with Crippen molar-refractivity contribution in [3.63, 3.8) is 0 Å². The molecule has 0 radical (unpaired) electrons. The summed E-state index contributed by atoms with van der Waals surface area (Å²) in [5.41, 5.74) is 3.95. The van der Waals surface area contributed by atoms with Crippen LogP contribution in [0.2, 0.25) is 0 Å². The Hall–Kier alpha value is -0.970. The smallest absolute Gasteiger partial charge is 0.0583 e. The third kappa shape index (κ3) is 4.28. The lowest BCUT2D eigenvalue weighted by Crippen LogP contribution is -2.21. The van der Waals surface area contributed by atoms with Crippen LogP contribution in [0.4, 0.5) is 0 Å². The minimum Gasteiger partial charge on any atom is -0.400 e. The normalized spacial score (nSPS) is 22.0. The monoisotopic (exact) mass is 306 g/mol. The first kappa shape index (κ1) is 17.4. The Labute approximate surface area is 134 Å². The van der Waals surface area contributed by atoms with Gasteiger partial charge >= 0.3 is 0 Å². The molecule has 1 unspecified atom stereocenters. The van der Waals surface area contributed by atoms with E-state index in [2.05, 4.69) is 30.9 Å². The van der Waals surface area contributed by atoms with E-state index in [4.69, 9.17) is 14.8 Å². The van der Waals surface area contributed by atoms with Crippen LogP contribution < -0.4 is 0 Å². The quantitative estimate of drug-likeness (QED) is 0.929. The van der Waals surface area contributed by atoms with Crippen LogP contribution in [0.25, 0.3) is 0 Å². The van der Waals surface area contributed by atoms with Gasteiger partial charge in [-0.15, -0.1) is 0 Å². The van der Waals surface area contributed by atoms with E-state index in [0.717, 1.165) is 33.3 Å². The van der Waals surface area contributed by atoms with Crippen LogP contribution in [-0.4, -0.2) is 48.4 Å². The Morgan fingerprint density at radius 1 is 1.27 bits per heavy atom. The Bertz CT molecular complexity index is 450. The lowest BCUT2D eigenvalue weighted by molar-refractivity contribution is 0.193. The fourth-order valence-electron chi connectivity index (χ4n) is 3.28. The van der Waals surface area contributed by atoms with Crippen molar-refractivity contribution in [3.8, 4) is 0 Å². The van der Waals surface area contributed by atoms with Gasteiger partial charge in [-0.25, -0.2) is 0 Å². The molecule has 2 aliphatic heterocycles. The molecular formula is C18H30N2O2. The van der Waals surface area contributed by atoms with Gasteiger partial charge in [0, 0.05) is 31.9 Å². The molecule has 2 fully saturated rings. The van der Waals surface area contributed by atoms with E-state index < -0.39 is 0 Å². The van der Waals surface area contributed by atoms with Crippen molar-refractivity contribution in [2.45, 2.75) is 51.5 Å². The highest BCUT2D eigenvalue weighted by molar-refractivity contribution is 5.28. The molecule has 0 aromatic carbocycles. The zero-order valence-electron chi connectivity index (χ0n) is 14.2. The first-order chi connectivity index (χ1) is 10.7. The largest absolute Gasteiger partial charge is 0.400 e. The van der Waals surface area contributed by atoms with Gasteiger partial charge in [0.1, 0.15) is 0 Å². The minimum absolute atomic E-state index is 0.501. The van der Waals surface area contributed by atoms with Crippen molar-refractivity contribution in [3.05, 3.63) is 29.1 Å². The van der Waals surface area contributed by atoms with Crippen LogP contribution in [0, 0.1) is 0 Å². The average Bonchev–Trinajstić information content (AvgIpc) is 3.22. The number of rotatable bonds is 4. The van der Waals surface area contributed by atoms with Crippen molar-refractivity contribution in [2.24, 2.45) is 0 Å². The molecule has 1 atom stereocenters. The molecule has 1 N–H and O–H groups in total. The van der Waals surface area contributed by atoms with Crippen molar-refractivity contribution in [1.29, 1.82) is 0 Å². The molecular weight excluding hydrogens is 276 g/mol. The zero-order valence-corrected chi connectivity index (χ0v) is 14.2. The number of pyridine rings is 1. The van der Waals surface area contributed by atoms with Gasteiger partial charge in [-0.05, 0) is 49.9 Å². The van der Waals surface area contributed by atoms with Gasteiger partial charge in [-0.1, -0.05) is 19.9 Å². The average molecular weight is 306 g/mol. The molecule has 2 saturated heterocycles. The number of likely N-dealkylation sites (tertiary alicyclic amines) is 1. The summed E-state index contributed by atoms with van der Waals surface area (Å²) in [6, 6.07) is 4.53. The van der Waals surface area contributed by atoms with Crippen LogP contribution >= 0.6 is 0 Å². The number of aliphatic hydroxyl groups is 1. The predicted octanol–water partition coefficient (Wildman–Crippen LogP) is 2.91. The third-order valence-corrected chi connectivity index (χ3v) is 4.56. The molecule has 0 saturated carbocycles. The van der Waals surface area contributed by atoms with Crippen LogP contribution in [-0.2, 0) is 11.3 Å². The molecule has 22 heavy (non-hydrogen) atoms. The fourth-order valence-corrected chi connectivity index (χ4v) is 3.28. The van der Waals surface area contributed by atoms with E-state index in [1.807, 2.05) is 0 Å². The van der Waals surface area contributed by atoms with Gasteiger partial charge < -0.3 is 9.84 Å². The van der Waals surface area contributed by atoms with Gasteiger partial charge in [0.05, 0.1) is 12.3 Å². The molecule has 0 bridgehead atoms. The summed E-state index contributed by atoms with van der Waals surface area (Å²) in [5, 5.41) is 7.00. The molecule has 124 valence electrons. The molecule has 1 aromatic rings. The molecule has 0 spiro atoms. The number of hydrogen-bond donors (Lipinski definition) is 1. The first-order valence-corrected chi connectivity index (χ1v) is 8.48. The summed E-state index contributed by atoms with van der Waals surface area (Å²) in [6.07, 6.45) is 3.83. The lowest BCUT2D eigenvalue weighted by atomic mass is 9.95. The highest BCUT2D eigenvalue weighted by atomic mass is 16.5. The molecule has 1 aromatic heterocycles. The fraction of sp³-hybridized carbons (Fsp3) is 0.722. The number of aliphatic hydroxyl groups excluding tert-OH is 1. The standard InChI is InChI=1S/C17H26N2O.CH4O/c1-13(2)16-6-5-15(14-7-10-20-12-14)17(18-16)11-19-8-3-4-9-19;1-2/h5-6,13-14H,3-4,7-12H2,1-2H3;2H,1H3. The lowest BCUT2D eigenvalue weighted by Gasteiger charge is -2.20. The Balaban J connectivity index is 0.000000847. The second-order valence-electron chi connectivity index (χ2n) is 6.47. The second kappa shape index (κ2) is 8.61. The Morgan fingerprint density at radius 3 is 2.59 bits per heavy atom. The second-order valence-corrected chi connectivity index (χ2v) is 6.47. The van der Waals surface area contributed by atoms with Crippen molar-refractivity contribution in [1.82, 2.24) is 9.88 Å². The summed E-state index contributed by atoms with van der Waals surface area (Å²) in [7, 11) is 1.00. The molecule has 4 heteroatoms. The van der Waals surface area contributed by atoms with Gasteiger partial charge in [-0.2, -0.15) is 0 Å². The number of nitrogens with zero attached hydrogens (tertiary/aromatic N) is 2. The van der Waals surface area contributed by atoms with Gasteiger partial charge in [0.2, 0.25) is 0 Å². The van der Waals surface area contributed by atoms with Gasteiger partial charge in [-0.3, -0.25) is 9.88 Å². The van der Waals surface area contributed by atoms with E-state index in [0.29, 0.717) is 11.8 Å². The topological polar surface area (TPSA) is 45.6 Å². The van der Waals surface area contributed by atoms with E-state index in [1.54, 1.807) is 0 Å². The number of aromatic nitrogens is 1. The van der Waals surface area contributed by atoms with E-state index in [-0.39, 0.29) is 0 Å². The van der Waals surface area contributed by atoms with Gasteiger partial charge in [0.25, 0.3) is 0 Å². The minimum atomic E-state index is 0.501. The SMILES string of the molecule is CC(C)c1ccc(C2CCOC2)c(CN2CCCC2)n1.CO. The maximum absolute atomic E-state index is 7.00. The predicted molar refractivity (Wildman–Crippen MR) is 89.2 cm³/mol. The molecule has 4 nitrogen and oxygen atoms in total. The molecule has 0 amide bonds. The highest BCUT2D eigenvalue weighted by Crippen LogP contribution is 2.29. The summed E-state index contributed by atoms with van der Waals surface area (Å²) in [6.45, 7) is 9.70.